The Balaban J connectivity index is 1.28. The zero-order valence-corrected chi connectivity index (χ0v) is 20.5. The Morgan fingerprint density at radius 2 is 1.64 bits per heavy atom. The van der Waals surface area contributed by atoms with Gasteiger partial charge in [-0.15, -0.1) is 0 Å². The van der Waals surface area contributed by atoms with E-state index in [9.17, 15) is 10.1 Å². The molecule has 0 radical (unpaired) electrons. The molecule has 1 fully saturated rings. The van der Waals surface area contributed by atoms with Crippen LogP contribution in [0.1, 0.15) is 18.4 Å². The highest BCUT2D eigenvalue weighted by Gasteiger charge is 2.24. The number of amides is 1. The van der Waals surface area contributed by atoms with Gasteiger partial charge in [0.05, 0.1) is 22.6 Å². The third-order valence-electron chi connectivity index (χ3n) is 6.51. The fraction of sp³-hybridized carbons (Fsp3) is 0.207. The molecule has 0 unspecified atom stereocenters. The number of nitrogens with one attached hydrogen (secondary N) is 1. The molecule has 4 aromatic rings. The lowest BCUT2D eigenvalue weighted by Gasteiger charge is -2.33. The highest BCUT2D eigenvalue weighted by Crippen LogP contribution is 2.27. The predicted octanol–water partition coefficient (Wildman–Crippen LogP) is 5.85. The number of nitrogens with zero attached hydrogens (tertiary/aromatic N) is 4. The molecule has 0 saturated carbocycles. The second kappa shape index (κ2) is 10.7. The van der Waals surface area contributed by atoms with Crippen LogP contribution >= 0.6 is 11.6 Å². The molecule has 180 valence electrons. The van der Waals surface area contributed by atoms with E-state index in [1.54, 1.807) is 18.2 Å². The zero-order chi connectivity index (χ0) is 24.9. The maximum atomic E-state index is 13.3. The minimum Gasteiger partial charge on any atom is -0.381 e. The molecule has 0 bridgehead atoms. The molecule has 6 nitrogen and oxygen atoms in total. The summed E-state index contributed by atoms with van der Waals surface area (Å²) in [5, 5.41) is 18.2. The van der Waals surface area contributed by atoms with Gasteiger partial charge in [-0.3, -0.25) is 9.48 Å². The lowest BCUT2D eigenvalue weighted by atomic mass is 10.0. The third-order valence-corrected chi connectivity index (χ3v) is 6.75. The average molecular weight is 496 g/mol. The molecule has 0 atom stereocenters. The normalized spacial score (nSPS) is 13.8. The lowest BCUT2D eigenvalue weighted by molar-refractivity contribution is -0.132. The first kappa shape index (κ1) is 23.7. The van der Waals surface area contributed by atoms with E-state index in [1.165, 1.54) is 0 Å². The second-order valence-electron chi connectivity index (χ2n) is 8.91. The van der Waals surface area contributed by atoms with Crippen molar-refractivity contribution in [3.63, 3.8) is 0 Å². The van der Waals surface area contributed by atoms with E-state index in [4.69, 9.17) is 16.7 Å². The smallest absolute Gasteiger partial charge is 0.244 e. The van der Waals surface area contributed by atoms with Gasteiger partial charge in [-0.05, 0) is 42.7 Å². The van der Waals surface area contributed by atoms with Gasteiger partial charge in [0.2, 0.25) is 5.91 Å². The standard InChI is InChI=1S/C29H26ClN5O/c30-24-12-11-23(19-31)26(17-24)32-25-13-15-34(16-14-25)29(36)20-35-28(22-9-5-2-6-10-22)18-27(33-35)21-7-3-1-4-8-21/h1-12,17-18,25,32H,13-16,20H2. The van der Waals surface area contributed by atoms with Crippen molar-refractivity contribution in [3.05, 3.63) is 95.5 Å². The first-order valence-corrected chi connectivity index (χ1v) is 12.4. The Kier molecular flexibility index (Phi) is 7.01. The number of benzene rings is 3. The van der Waals surface area contributed by atoms with Crippen LogP contribution in [-0.4, -0.2) is 39.7 Å². The fourth-order valence-corrected chi connectivity index (χ4v) is 4.76. The largest absolute Gasteiger partial charge is 0.381 e. The highest BCUT2D eigenvalue weighted by atomic mass is 35.5. The van der Waals surface area contributed by atoms with Crippen molar-refractivity contribution < 1.29 is 4.79 Å². The number of hydrogen-bond acceptors (Lipinski definition) is 4. The number of anilines is 1. The third kappa shape index (κ3) is 5.27. The van der Waals surface area contributed by atoms with E-state index >= 15 is 0 Å². The Morgan fingerprint density at radius 1 is 0.972 bits per heavy atom. The van der Waals surface area contributed by atoms with E-state index < -0.39 is 0 Å². The van der Waals surface area contributed by atoms with Crippen molar-refractivity contribution in [2.75, 3.05) is 18.4 Å². The summed E-state index contributed by atoms with van der Waals surface area (Å²) < 4.78 is 1.81. The van der Waals surface area contributed by atoms with Crippen LogP contribution in [0.3, 0.4) is 0 Å². The summed E-state index contributed by atoms with van der Waals surface area (Å²) in [5.41, 5.74) is 5.12. The molecule has 1 aliphatic rings. The molecule has 1 aliphatic heterocycles. The van der Waals surface area contributed by atoms with Crippen molar-refractivity contribution in [2.45, 2.75) is 25.4 Å². The molecule has 5 rings (SSSR count). The monoisotopic (exact) mass is 495 g/mol. The maximum absolute atomic E-state index is 13.3. The molecule has 36 heavy (non-hydrogen) atoms. The Morgan fingerprint density at radius 3 is 2.31 bits per heavy atom. The first-order valence-electron chi connectivity index (χ1n) is 12.0. The molecule has 0 aliphatic carbocycles. The Bertz CT molecular complexity index is 1390. The minimum atomic E-state index is 0.0498. The van der Waals surface area contributed by atoms with E-state index in [0.717, 1.165) is 41.0 Å². The Hall–Kier alpha value is -4.08. The van der Waals surface area contributed by atoms with Gasteiger partial charge in [-0.2, -0.15) is 10.4 Å². The number of rotatable bonds is 6. The van der Waals surface area contributed by atoms with Crippen molar-refractivity contribution in [1.29, 1.82) is 5.26 Å². The number of likely N-dealkylation sites (tertiary alicyclic amines) is 1. The van der Waals surface area contributed by atoms with Crippen LogP contribution in [-0.2, 0) is 11.3 Å². The number of hydrogen-bond donors (Lipinski definition) is 1. The molecule has 3 aromatic carbocycles. The second-order valence-corrected chi connectivity index (χ2v) is 9.34. The van der Waals surface area contributed by atoms with Gasteiger partial charge in [0.25, 0.3) is 0 Å². The van der Waals surface area contributed by atoms with Gasteiger partial charge in [-0.1, -0.05) is 72.3 Å². The summed E-state index contributed by atoms with van der Waals surface area (Å²) >= 11 is 6.12. The molecule has 2 heterocycles. The molecule has 0 spiro atoms. The number of halogens is 1. The summed E-state index contributed by atoms with van der Waals surface area (Å²) in [4.78, 5) is 15.2. The van der Waals surface area contributed by atoms with Gasteiger partial charge in [0.15, 0.2) is 0 Å². The van der Waals surface area contributed by atoms with Crippen LogP contribution in [0.2, 0.25) is 5.02 Å². The van der Waals surface area contributed by atoms with Gasteiger partial charge >= 0.3 is 0 Å². The fourth-order valence-electron chi connectivity index (χ4n) is 4.58. The number of piperidine rings is 1. The van der Waals surface area contributed by atoms with E-state index in [1.807, 2.05) is 76.3 Å². The van der Waals surface area contributed by atoms with Gasteiger partial charge in [0, 0.05) is 29.7 Å². The van der Waals surface area contributed by atoms with Crippen LogP contribution in [0.15, 0.2) is 84.9 Å². The molecule has 1 amide bonds. The van der Waals surface area contributed by atoms with Gasteiger partial charge < -0.3 is 10.2 Å². The molecule has 7 heteroatoms. The molecular weight excluding hydrogens is 470 g/mol. The molecule has 1 N–H and O–H groups in total. The summed E-state index contributed by atoms with van der Waals surface area (Å²) in [5.74, 6) is 0.0498. The predicted molar refractivity (Wildman–Crippen MR) is 142 cm³/mol. The van der Waals surface area contributed by atoms with Gasteiger partial charge in [-0.25, -0.2) is 0 Å². The van der Waals surface area contributed by atoms with Crippen LogP contribution in [0.25, 0.3) is 22.5 Å². The molecular formula is C29H26ClN5O. The maximum Gasteiger partial charge on any atom is 0.244 e. The number of carbonyl (C=O) groups is 1. The topological polar surface area (TPSA) is 74.0 Å². The summed E-state index contributed by atoms with van der Waals surface area (Å²) in [6.07, 6.45) is 1.59. The first-order chi connectivity index (χ1) is 17.6. The minimum absolute atomic E-state index is 0.0498. The number of carbonyl (C=O) groups excluding carboxylic acids is 1. The van der Waals surface area contributed by atoms with Crippen molar-refractivity contribution in [3.8, 4) is 28.6 Å². The van der Waals surface area contributed by atoms with E-state index in [2.05, 4.69) is 11.4 Å². The van der Waals surface area contributed by atoms with Crippen LogP contribution in [0, 0.1) is 11.3 Å². The van der Waals surface area contributed by atoms with Crippen molar-refractivity contribution in [2.24, 2.45) is 0 Å². The Labute approximate surface area is 215 Å². The number of nitriles is 1. The summed E-state index contributed by atoms with van der Waals surface area (Å²) in [6, 6.07) is 29.7. The average Bonchev–Trinajstić information content (AvgIpc) is 3.34. The molecule has 1 saturated heterocycles. The summed E-state index contributed by atoms with van der Waals surface area (Å²) in [7, 11) is 0. The quantitative estimate of drug-likeness (QED) is 0.364. The molecule has 1 aromatic heterocycles. The lowest BCUT2D eigenvalue weighted by Crippen LogP contribution is -2.43. The van der Waals surface area contributed by atoms with Crippen LogP contribution < -0.4 is 5.32 Å². The van der Waals surface area contributed by atoms with E-state index in [0.29, 0.717) is 23.7 Å². The van der Waals surface area contributed by atoms with Crippen molar-refractivity contribution in [1.82, 2.24) is 14.7 Å². The summed E-state index contributed by atoms with van der Waals surface area (Å²) in [6.45, 7) is 1.47. The number of aromatic nitrogens is 2. The van der Waals surface area contributed by atoms with Crippen molar-refractivity contribution >= 4 is 23.2 Å². The SMILES string of the molecule is N#Cc1ccc(Cl)cc1NC1CCN(C(=O)Cn2nc(-c3ccccc3)cc2-c2ccccc2)CC1. The van der Waals surface area contributed by atoms with Crippen LogP contribution in [0.5, 0.6) is 0 Å². The zero-order valence-electron chi connectivity index (χ0n) is 19.8. The van der Waals surface area contributed by atoms with Gasteiger partial charge in [0.1, 0.15) is 12.6 Å². The van der Waals surface area contributed by atoms with Crippen LogP contribution in [0.4, 0.5) is 5.69 Å². The van der Waals surface area contributed by atoms with E-state index in [-0.39, 0.29) is 18.5 Å². The highest BCUT2D eigenvalue weighted by molar-refractivity contribution is 6.30.